The summed E-state index contributed by atoms with van der Waals surface area (Å²) in [6.07, 6.45) is 3.38. The Kier molecular flexibility index (Phi) is 10.3. The van der Waals surface area contributed by atoms with E-state index in [1.54, 1.807) is 19.2 Å². The highest BCUT2D eigenvalue weighted by atomic mass is 79.9. The molecule has 256 valence electrons. The van der Waals surface area contributed by atoms with E-state index in [4.69, 9.17) is 9.08 Å². The minimum atomic E-state index is -2.92. The summed E-state index contributed by atoms with van der Waals surface area (Å²) >= 11 is 3.49. The van der Waals surface area contributed by atoms with E-state index in [0.717, 1.165) is 21.2 Å². The summed E-state index contributed by atoms with van der Waals surface area (Å²) in [5, 5.41) is 23.6. The number of hydrogen-bond acceptors (Lipinski definition) is 6. The van der Waals surface area contributed by atoms with E-state index in [2.05, 4.69) is 85.2 Å². The molecule has 0 unspecified atom stereocenters. The minimum Gasteiger partial charge on any atom is -0.507 e. The van der Waals surface area contributed by atoms with Crippen LogP contribution in [0.15, 0.2) is 100 Å². The molecule has 0 aromatic heterocycles. The van der Waals surface area contributed by atoms with Crippen LogP contribution in [0, 0.1) is 17.8 Å². The van der Waals surface area contributed by atoms with Crippen LogP contribution in [-0.4, -0.2) is 62.0 Å². The largest absolute Gasteiger partial charge is 0.507 e. The van der Waals surface area contributed by atoms with E-state index in [0.29, 0.717) is 31.4 Å². The predicted molar refractivity (Wildman–Crippen MR) is 200 cm³/mol. The summed E-state index contributed by atoms with van der Waals surface area (Å²) in [5.74, 6) is -1.49. The van der Waals surface area contributed by atoms with E-state index < -0.39 is 33.4 Å². The molecule has 7 nitrogen and oxygen atoms in total. The number of benzene rings is 3. The van der Waals surface area contributed by atoms with Crippen LogP contribution < -0.4 is 10.4 Å². The Morgan fingerprint density at radius 3 is 2.27 bits per heavy atom. The SMILES string of the molecule is C/C(=C\c1cc(Br)ccc1O)CC[C@H]1OB(O)C[C@H]2C1=C(CO[Si](c1ccccc1)(c1ccccc1)C(C)(C)C)C[C@H]1C(=O)N(C)C(=O)[C@H]12. The van der Waals surface area contributed by atoms with Crippen LogP contribution in [0.3, 0.4) is 0 Å². The topological polar surface area (TPSA) is 96.3 Å². The number of hydrogen-bond donors (Lipinski definition) is 2. The molecule has 2 heterocycles. The van der Waals surface area contributed by atoms with Crippen molar-refractivity contribution >= 4 is 59.6 Å². The second-order valence-corrected chi connectivity index (χ2v) is 20.0. The van der Waals surface area contributed by atoms with Crippen LogP contribution in [0.5, 0.6) is 5.75 Å². The molecule has 2 saturated heterocycles. The third kappa shape index (κ3) is 6.78. The number of carbonyl (C=O) groups excluding carboxylic acids is 2. The van der Waals surface area contributed by atoms with Gasteiger partial charge < -0.3 is 19.2 Å². The van der Waals surface area contributed by atoms with Gasteiger partial charge >= 0.3 is 7.12 Å². The van der Waals surface area contributed by atoms with Gasteiger partial charge in [0.2, 0.25) is 11.8 Å². The molecule has 49 heavy (non-hydrogen) atoms. The quantitative estimate of drug-likeness (QED) is 0.151. The molecule has 3 aromatic rings. The van der Waals surface area contributed by atoms with Gasteiger partial charge in [-0.05, 0) is 83.2 Å². The molecule has 0 spiro atoms. The fourth-order valence-electron chi connectivity index (χ4n) is 8.35. The maximum absolute atomic E-state index is 13.6. The van der Waals surface area contributed by atoms with E-state index >= 15 is 0 Å². The third-order valence-corrected chi connectivity index (χ3v) is 16.1. The normalized spacial score (nSPS) is 23.2. The Balaban J connectivity index is 1.41. The first-order valence-corrected chi connectivity index (χ1v) is 19.8. The van der Waals surface area contributed by atoms with Crippen LogP contribution in [0.1, 0.15) is 52.5 Å². The highest BCUT2D eigenvalue weighted by Crippen LogP contribution is 2.51. The van der Waals surface area contributed by atoms with E-state index in [9.17, 15) is 19.7 Å². The number of amides is 2. The molecule has 4 atom stereocenters. The number of likely N-dealkylation sites (tertiary alicyclic amines) is 1. The third-order valence-electron chi connectivity index (χ3n) is 10.6. The molecule has 1 aliphatic carbocycles. The van der Waals surface area contributed by atoms with Crippen molar-refractivity contribution in [1.29, 1.82) is 0 Å². The number of allylic oxidation sites excluding steroid dienone is 1. The predicted octanol–water partition coefficient (Wildman–Crippen LogP) is 6.34. The molecule has 2 amide bonds. The first kappa shape index (κ1) is 35.5. The number of nitrogens with zero attached hydrogens (tertiary/aromatic N) is 1. The van der Waals surface area contributed by atoms with Crippen molar-refractivity contribution < 1.29 is 28.8 Å². The van der Waals surface area contributed by atoms with E-state index in [-0.39, 0.29) is 34.8 Å². The Hall–Kier alpha value is -3.28. The minimum absolute atomic E-state index is 0.165. The van der Waals surface area contributed by atoms with Gasteiger partial charge in [0.15, 0.2) is 0 Å². The molecule has 3 aliphatic rings. The molecule has 2 fully saturated rings. The molecular formula is C39H45BBrNO6Si. The summed E-state index contributed by atoms with van der Waals surface area (Å²) in [4.78, 5) is 28.3. The summed E-state index contributed by atoms with van der Waals surface area (Å²) in [6.45, 7) is 9.04. The Morgan fingerprint density at radius 2 is 1.65 bits per heavy atom. The summed E-state index contributed by atoms with van der Waals surface area (Å²) in [5.41, 5.74) is 3.75. The van der Waals surface area contributed by atoms with Crippen molar-refractivity contribution in [2.24, 2.45) is 17.8 Å². The van der Waals surface area contributed by atoms with E-state index in [1.165, 1.54) is 15.3 Å². The Labute approximate surface area is 299 Å². The average molecular weight is 743 g/mol. The molecule has 10 heteroatoms. The van der Waals surface area contributed by atoms with E-state index in [1.807, 2.05) is 31.2 Å². The van der Waals surface area contributed by atoms with Gasteiger partial charge in [-0.15, -0.1) is 0 Å². The average Bonchev–Trinajstić information content (AvgIpc) is 3.29. The lowest BCUT2D eigenvalue weighted by Crippen LogP contribution is -2.66. The summed E-state index contributed by atoms with van der Waals surface area (Å²) in [7, 11) is -2.40. The zero-order valence-electron chi connectivity index (χ0n) is 28.9. The number of phenols is 1. The van der Waals surface area contributed by atoms with Crippen molar-refractivity contribution in [3.63, 3.8) is 0 Å². The van der Waals surface area contributed by atoms with Crippen LogP contribution in [0.4, 0.5) is 0 Å². The number of imide groups is 1. The molecule has 0 saturated carbocycles. The molecule has 2 aliphatic heterocycles. The number of rotatable bonds is 9. The monoisotopic (exact) mass is 741 g/mol. The van der Waals surface area contributed by atoms with Crippen molar-refractivity contribution in [3.8, 4) is 5.75 Å². The summed E-state index contributed by atoms with van der Waals surface area (Å²) in [6, 6.07) is 26.3. The number of phenolic OH excluding ortho intramolecular Hbond substituents is 1. The standard InChI is InChI=1S/C39H45BBrNO6Si/c1-25(20-26-21-28(41)17-18-33(26)43)16-19-34-35-27(22-31-36(32(35)23-40(46)48-34)38(45)42(5)37(31)44)24-47-49(39(2,3)4,29-12-8-6-9-13-29)30-14-10-7-11-15-30/h6-15,17-18,20-21,31-32,34,36,43,46H,16,19,22-24H2,1-5H3/b25-20+/t31-,32+,34-,36-/m1/s1. The number of fused-ring (bicyclic) bond motifs is 3. The van der Waals surface area contributed by atoms with Crippen molar-refractivity contribution in [1.82, 2.24) is 4.90 Å². The zero-order chi connectivity index (χ0) is 35.1. The van der Waals surface area contributed by atoms with Crippen molar-refractivity contribution in [2.75, 3.05) is 13.7 Å². The van der Waals surface area contributed by atoms with Gasteiger partial charge in [-0.1, -0.05) is 109 Å². The first-order valence-electron chi connectivity index (χ1n) is 17.1. The fraction of sp³-hybridized carbons (Fsp3) is 0.385. The molecule has 6 rings (SSSR count). The Bertz CT molecular complexity index is 1740. The second-order valence-electron chi connectivity index (χ2n) is 14.7. The lowest BCUT2D eigenvalue weighted by molar-refractivity contribution is -0.138. The van der Waals surface area contributed by atoms with Crippen molar-refractivity contribution in [3.05, 3.63) is 106 Å². The lowest BCUT2D eigenvalue weighted by Gasteiger charge is -2.46. The van der Waals surface area contributed by atoms with Gasteiger partial charge in [0.05, 0.1) is 24.5 Å². The zero-order valence-corrected chi connectivity index (χ0v) is 31.4. The number of aromatic hydroxyl groups is 1. The highest BCUT2D eigenvalue weighted by Gasteiger charge is 2.57. The van der Waals surface area contributed by atoms with Gasteiger partial charge in [0, 0.05) is 17.1 Å². The molecule has 2 N–H and O–H groups in total. The van der Waals surface area contributed by atoms with Crippen molar-refractivity contribution in [2.45, 2.75) is 64.4 Å². The fourth-order valence-corrected chi connectivity index (χ4v) is 13.3. The second kappa shape index (κ2) is 14.2. The number of halogens is 1. The van der Waals surface area contributed by atoms with Crippen LogP contribution in [0.25, 0.3) is 6.08 Å². The van der Waals surface area contributed by atoms with Gasteiger partial charge in [-0.2, -0.15) is 0 Å². The Morgan fingerprint density at radius 1 is 1.02 bits per heavy atom. The van der Waals surface area contributed by atoms with Gasteiger partial charge in [-0.25, -0.2) is 0 Å². The molecular weight excluding hydrogens is 697 g/mol. The van der Waals surface area contributed by atoms with Gasteiger partial charge in [0.25, 0.3) is 8.32 Å². The van der Waals surface area contributed by atoms with Crippen LogP contribution in [-0.2, 0) is 18.7 Å². The lowest BCUT2D eigenvalue weighted by atomic mass is 9.58. The molecule has 0 bridgehead atoms. The summed E-state index contributed by atoms with van der Waals surface area (Å²) < 4.78 is 14.6. The van der Waals surface area contributed by atoms with Gasteiger partial charge in [0.1, 0.15) is 5.75 Å². The molecule has 0 radical (unpaired) electrons. The van der Waals surface area contributed by atoms with Gasteiger partial charge in [-0.3, -0.25) is 14.5 Å². The highest BCUT2D eigenvalue weighted by molar-refractivity contribution is 9.10. The smallest absolute Gasteiger partial charge is 0.455 e. The maximum Gasteiger partial charge on any atom is 0.455 e. The maximum atomic E-state index is 13.6. The first-order chi connectivity index (χ1) is 23.3. The van der Waals surface area contributed by atoms with Crippen LogP contribution >= 0.6 is 15.9 Å². The molecule has 3 aromatic carbocycles. The van der Waals surface area contributed by atoms with Crippen LogP contribution in [0.2, 0.25) is 11.4 Å². The number of carbonyl (C=O) groups is 2.